The Morgan fingerprint density at radius 3 is 2.65 bits per heavy atom. The molecule has 92 valence electrons. The standard InChI is InChI=1S/C12H15NO3S/c14-17(15,13-11-7-3-1-4-8-11)16-12-9-5-2-6-10-12/h2-3,5-7,9-11,13H,1,4,8H2. The van der Waals surface area contributed by atoms with Crippen LogP contribution in [0.25, 0.3) is 0 Å². The molecule has 5 heteroatoms. The molecule has 1 atom stereocenters. The van der Waals surface area contributed by atoms with Crippen LogP contribution in [-0.4, -0.2) is 14.5 Å². The number of para-hydroxylation sites is 1. The summed E-state index contributed by atoms with van der Waals surface area (Å²) in [4.78, 5) is 0. The van der Waals surface area contributed by atoms with Gasteiger partial charge in [0.05, 0.1) is 0 Å². The SMILES string of the molecule is O=S(=O)(NC1C=CCCC1)Oc1ccccc1. The van der Waals surface area contributed by atoms with Crippen molar-refractivity contribution in [1.82, 2.24) is 4.72 Å². The monoisotopic (exact) mass is 253 g/mol. The molecule has 0 bridgehead atoms. The number of rotatable bonds is 4. The highest BCUT2D eigenvalue weighted by atomic mass is 32.2. The first-order chi connectivity index (χ1) is 8.16. The van der Waals surface area contributed by atoms with Gasteiger partial charge in [0.1, 0.15) is 5.75 Å². The summed E-state index contributed by atoms with van der Waals surface area (Å²) in [6.45, 7) is 0. The zero-order chi connectivity index (χ0) is 12.1. The summed E-state index contributed by atoms with van der Waals surface area (Å²) in [5.74, 6) is 0.319. The second-order valence-corrected chi connectivity index (χ2v) is 5.24. The topological polar surface area (TPSA) is 55.4 Å². The van der Waals surface area contributed by atoms with Crippen LogP contribution in [0.4, 0.5) is 0 Å². The van der Waals surface area contributed by atoms with E-state index in [0.29, 0.717) is 5.75 Å². The van der Waals surface area contributed by atoms with Crippen molar-refractivity contribution in [3.05, 3.63) is 42.5 Å². The van der Waals surface area contributed by atoms with Gasteiger partial charge in [-0.25, -0.2) is 0 Å². The molecule has 2 rings (SSSR count). The Bertz CT molecular complexity index is 482. The van der Waals surface area contributed by atoms with Gasteiger partial charge in [0.2, 0.25) is 0 Å². The van der Waals surface area contributed by atoms with Crippen molar-refractivity contribution in [2.45, 2.75) is 25.3 Å². The fourth-order valence-electron chi connectivity index (χ4n) is 1.72. The fourth-order valence-corrected chi connectivity index (χ4v) is 2.70. The minimum absolute atomic E-state index is 0.155. The highest BCUT2D eigenvalue weighted by molar-refractivity contribution is 7.85. The van der Waals surface area contributed by atoms with Crippen LogP contribution in [0.2, 0.25) is 0 Å². The van der Waals surface area contributed by atoms with E-state index in [1.165, 1.54) is 0 Å². The van der Waals surface area contributed by atoms with Crippen molar-refractivity contribution >= 4 is 10.3 Å². The smallest absolute Gasteiger partial charge is 0.371 e. The molecule has 0 aliphatic heterocycles. The molecule has 0 heterocycles. The number of nitrogens with one attached hydrogen (secondary N) is 1. The first-order valence-electron chi connectivity index (χ1n) is 5.59. The molecular formula is C12H15NO3S. The van der Waals surface area contributed by atoms with Gasteiger partial charge >= 0.3 is 10.3 Å². The van der Waals surface area contributed by atoms with Crippen LogP contribution >= 0.6 is 0 Å². The molecule has 0 spiro atoms. The molecule has 1 unspecified atom stereocenters. The lowest BCUT2D eigenvalue weighted by Crippen LogP contribution is -2.37. The zero-order valence-electron chi connectivity index (χ0n) is 9.37. The van der Waals surface area contributed by atoms with Gasteiger partial charge in [-0.1, -0.05) is 30.4 Å². The largest absolute Gasteiger partial charge is 0.383 e. The Hall–Kier alpha value is -1.33. The van der Waals surface area contributed by atoms with E-state index in [2.05, 4.69) is 4.72 Å². The lowest BCUT2D eigenvalue weighted by atomic mass is 10.0. The van der Waals surface area contributed by atoms with Gasteiger partial charge in [0.15, 0.2) is 0 Å². The molecule has 0 saturated carbocycles. The Morgan fingerprint density at radius 2 is 2.00 bits per heavy atom. The summed E-state index contributed by atoms with van der Waals surface area (Å²) in [6, 6.07) is 8.32. The highest BCUT2D eigenvalue weighted by Crippen LogP contribution is 2.14. The fraction of sp³-hybridized carbons (Fsp3) is 0.333. The molecule has 0 fully saturated rings. The van der Waals surface area contributed by atoms with Crippen LogP contribution in [0.3, 0.4) is 0 Å². The van der Waals surface area contributed by atoms with Gasteiger partial charge in [-0.15, -0.1) is 0 Å². The summed E-state index contributed by atoms with van der Waals surface area (Å²) in [5.41, 5.74) is 0. The van der Waals surface area contributed by atoms with Gasteiger partial charge in [-0.2, -0.15) is 13.1 Å². The third kappa shape index (κ3) is 3.87. The zero-order valence-corrected chi connectivity index (χ0v) is 10.2. The molecule has 4 nitrogen and oxygen atoms in total. The summed E-state index contributed by atoms with van der Waals surface area (Å²) in [7, 11) is -3.74. The van der Waals surface area contributed by atoms with Gasteiger partial charge in [-0.05, 0) is 31.4 Å². The number of benzene rings is 1. The predicted molar refractivity (Wildman–Crippen MR) is 65.9 cm³/mol. The van der Waals surface area contributed by atoms with Crippen molar-refractivity contribution < 1.29 is 12.6 Å². The Morgan fingerprint density at radius 1 is 1.24 bits per heavy atom. The quantitative estimate of drug-likeness (QED) is 0.835. The second kappa shape index (κ2) is 5.33. The van der Waals surface area contributed by atoms with E-state index in [0.717, 1.165) is 19.3 Å². The summed E-state index contributed by atoms with van der Waals surface area (Å²) >= 11 is 0. The average Bonchev–Trinajstić information content (AvgIpc) is 2.30. The highest BCUT2D eigenvalue weighted by Gasteiger charge is 2.18. The maximum absolute atomic E-state index is 11.7. The Balaban J connectivity index is 1.99. The average molecular weight is 253 g/mol. The molecule has 1 aromatic rings. The number of hydrogen-bond acceptors (Lipinski definition) is 3. The minimum atomic E-state index is -3.74. The third-order valence-corrected chi connectivity index (χ3v) is 3.50. The predicted octanol–water partition coefficient (Wildman–Crippen LogP) is 2.01. The molecular weight excluding hydrogens is 238 g/mol. The number of hydrogen-bond donors (Lipinski definition) is 1. The van der Waals surface area contributed by atoms with Crippen molar-refractivity contribution in [1.29, 1.82) is 0 Å². The van der Waals surface area contributed by atoms with E-state index >= 15 is 0 Å². The van der Waals surface area contributed by atoms with E-state index in [-0.39, 0.29) is 6.04 Å². The maximum atomic E-state index is 11.7. The third-order valence-electron chi connectivity index (χ3n) is 2.50. The lowest BCUT2D eigenvalue weighted by molar-refractivity contribution is 0.457. The van der Waals surface area contributed by atoms with Crippen molar-refractivity contribution in [3.8, 4) is 5.75 Å². The van der Waals surface area contributed by atoms with Crippen LogP contribution in [0.5, 0.6) is 5.75 Å². The van der Waals surface area contributed by atoms with E-state index in [9.17, 15) is 8.42 Å². The van der Waals surface area contributed by atoms with E-state index in [4.69, 9.17) is 4.18 Å². The van der Waals surface area contributed by atoms with Crippen LogP contribution in [0, 0.1) is 0 Å². The summed E-state index contributed by atoms with van der Waals surface area (Å²) in [6.07, 6.45) is 6.68. The van der Waals surface area contributed by atoms with Crippen molar-refractivity contribution in [2.24, 2.45) is 0 Å². The minimum Gasteiger partial charge on any atom is -0.371 e. The van der Waals surface area contributed by atoms with Gasteiger partial charge in [0.25, 0.3) is 0 Å². The van der Waals surface area contributed by atoms with Crippen molar-refractivity contribution in [3.63, 3.8) is 0 Å². The number of allylic oxidation sites excluding steroid dienone is 1. The molecule has 0 aromatic heterocycles. The lowest BCUT2D eigenvalue weighted by Gasteiger charge is -2.17. The molecule has 1 N–H and O–H groups in total. The normalized spacial score (nSPS) is 20.1. The molecule has 1 aromatic carbocycles. The second-order valence-electron chi connectivity index (χ2n) is 3.93. The molecule has 1 aliphatic carbocycles. The first-order valence-corrected chi connectivity index (χ1v) is 7.00. The van der Waals surface area contributed by atoms with Crippen LogP contribution < -0.4 is 8.91 Å². The molecule has 17 heavy (non-hydrogen) atoms. The van der Waals surface area contributed by atoms with Gasteiger partial charge in [0, 0.05) is 6.04 Å². The van der Waals surface area contributed by atoms with E-state index in [1.807, 2.05) is 12.2 Å². The molecule has 0 saturated heterocycles. The van der Waals surface area contributed by atoms with Crippen molar-refractivity contribution in [2.75, 3.05) is 0 Å². The van der Waals surface area contributed by atoms with Crippen LogP contribution in [0.15, 0.2) is 42.5 Å². The summed E-state index contributed by atoms with van der Waals surface area (Å²) in [5, 5.41) is 0. The molecule has 0 amide bonds. The van der Waals surface area contributed by atoms with Crippen LogP contribution in [0.1, 0.15) is 19.3 Å². The maximum Gasteiger partial charge on any atom is 0.383 e. The Labute approximate surface area is 102 Å². The van der Waals surface area contributed by atoms with E-state index < -0.39 is 10.3 Å². The van der Waals surface area contributed by atoms with Gasteiger partial charge < -0.3 is 4.18 Å². The summed E-state index contributed by atoms with van der Waals surface area (Å²) < 4.78 is 30.8. The van der Waals surface area contributed by atoms with Crippen LogP contribution in [-0.2, 0) is 10.3 Å². The van der Waals surface area contributed by atoms with E-state index in [1.54, 1.807) is 30.3 Å². The Kier molecular flexibility index (Phi) is 3.81. The van der Waals surface area contributed by atoms with Gasteiger partial charge in [-0.3, -0.25) is 0 Å². The first kappa shape index (κ1) is 12.1. The molecule has 1 aliphatic rings. The molecule has 0 radical (unpaired) electrons.